The number of ether oxygens (including phenoxy) is 1. The van der Waals surface area contributed by atoms with Crippen LogP contribution in [0.15, 0.2) is 39.5 Å². The smallest absolute Gasteiger partial charge is 0.338 e. The van der Waals surface area contributed by atoms with Gasteiger partial charge in [0.1, 0.15) is 4.21 Å². The van der Waals surface area contributed by atoms with Crippen LogP contribution < -0.4 is 4.80 Å². The van der Waals surface area contributed by atoms with Crippen LogP contribution in [0.4, 0.5) is 0 Å². The molecule has 176 valence electrons. The molecule has 0 aliphatic carbocycles. The number of esters is 1. The zero-order chi connectivity index (χ0) is 23.8. The van der Waals surface area contributed by atoms with Crippen molar-refractivity contribution in [2.45, 2.75) is 24.0 Å². The first-order valence-corrected chi connectivity index (χ1v) is 13.8. The van der Waals surface area contributed by atoms with Gasteiger partial charge in [-0.25, -0.2) is 13.2 Å². The summed E-state index contributed by atoms with van der Waals surface area (Å²) in [6, 6.07) is 8.30. The van der Waals surface area contributed by atoms with E-state index in [0.29, 0.717) is 34.1 Å². The van der Waals surface area contributed by atoms with E-state index in [-0.39, 0.29) is 29.1 Å². The maximum Gasteiger partial charge on any atom is 0.338 e. The predicted octanol–water partition coefficient (Wildman–Crippen LogP) is 3.66. The minimum atomic E-state index is -3.60. The van der Waals surface area contributed by atoms with E-state index >= 15 is 0 Å². The van der Waals surface area contributed by atoms with Crippen LogP contribution >= 0.6 is 34.3 Å². The average molecular weight is 528 g/mol. The average Bonchev–Trinajstić information content (AvgIpc) is 3.37. The van der Waals surface area contributed by atoms with Gasteiger partial charge in [-0.05, 0) is 50.1 Å². The topological polar surface area (TPSA) is 98.0 Å². The number of rotatable bonds is 5. The van der Waals surface area contributed by atoms with Crippen molar-refractivity contribution in [2.24, 2.45) is 18.0 Å². The minimum Gasteiger partial charge on any atom is -0.462 e. The Balaban J connectivity index is 1.49. The Kier molecular flexibility index (Phi) is 7.06. The Labute approximate surface area is 204 Å². The molecule has 8 nitrogen and oxygen atoms in total. The number of aromatic nitrogens is 1. The van der Waals surface area contributed by atoms with Gasteiger partial charge in [0.05, 0.1) is 26.7 Å². The Bertz CT molecular complexity index is 1380. The van der Waals surface area contributed by atoms with E-state index < -0.39 is 16.0 Å². The van der Waals surface area contributed by atoms with Gasteiger partial charge in [0.15, 0.2) is 4.80 Å². The lowest BCUT2D eigenvalue weighted by Crippen LogP contribution is -2.40. The van der Waals surface area contributed by atoms with Crippen LogP contribution in [0, 0.1) is 5.92 Å². The zero-order valence-electron chi connectivity index (χ0n) is 18.0. The molecule has 0 spiro atoms. The van der Waals surface area contributed by atoms with E-state index in [2.05, 4.69) is 4.99 Å². The van der Waals surface area contributed by atoms with E-state index in [1.165, 1.54) is 21.7 Å². The summed E-state index contributed by atoms with van der Waals surface area (Å²) >= 11 is 8.23. The van der Waals surface area contributed by atoms with Crippen molar-refractivity contribution in [3.63, 3.8) is 0 Å². The van der Waals surface area contributed by atoms with Crippen molar-refractivity contribution in [1.82, 2.24) is 8.87 Å². The Morgan fingerprint density at radius 3 is 2.55 bits per heavy atom. The van der Waals surface area contributed by atoms with Crippen molar-refractivity contribution < 1.29 is 22.7 Å². The maximum atomic E-state index is 12.9. The lowest BCUT2D eigenvalue weighted by molar-refractivity contribution is -0.122. The van der Waals surface area contributed by atoms with Crippen molar-refractivity contribution in [1.29, 1.82) is 0 Å². The van der Waals surface area contributed by atoms with Gasteiger partial charge in [-0.15, -0.1) is 11.3 Å². The fourth-order valence-electron chi connectivity index (χ4n) is 3.67. The summed E-state index contributed by atoms with van der Waals surface area (Å²) in [6.45, 7) is 2.56. The molecule has 33 heavy (non-hydrogen) atoms. The molecule has 0 atom stereocenters. The van der Waals surface area contributed by atoms with Crippen LogP contribution in [0.1, 0.15) is 30.1 Å². The summed E-state index contributed by atoms with van der Waals surface area (Å²) in [6.07, 6.45) is 0.810. The molecule has 2 aromatic heterocycles. The van der Waals surface area contributed by atoms with E-state index in [0.717, 1.165) is 21.6 Å². The number of carbonyl (C=O) groups excluding carboxylic acids is 2. The highest BCUT2D eigenvalue weighted by atomic mass is 35.5. The lowest BCUT2D eigenvalue weighted by atomic mass is 9.98. The van der Waals surface area contributed by atoms with E-state index in [1.807, 2.05) is 17.7 Å². The second-order valence-corrected chi connectivity index (χ2v) is 12.4. The number of benzene rings is 1. The molecule has 0 saturated carbocycles. The molecule has 1 aromatic carbocycles. The molecule has 0 N–H and O–H groups in total. The van der Waals surface area contributed by atoms with Gasteiger partial charge in [-0.2, -0.15) is 9.30 Å². The summed E-state index contributed by atoms with van der Waals surface area (Å²) in [5.41, 5.74) is 1.31. The number of hydrogen-bond donors (Lipinski definition) is 0. The highest BCUT2D eigenvalue weighted by Crippen LogP contribution is 2.31. The molecule has 0 radical (unpaired) electrons. The lowest BCUT2D eigenvalue weighted by Gasteiger charge is -2.29. The highest BCUT2D eigenvalue weighted by Gasteiger charge is 2.33. The van der Waals surface area contributed by atoms with E-state index in [9.17, 15) is 18.0 Å². The molecule has 3 aromatic rings. The Hall–Kier alpha value is -2.05. The molecule has 4 rings (SSSR count). The third-order valence-corrected chi connectivity index (χ3v) is 10.2. The standard InChI is InChI=1S/C21H22ClN3O5S3/c1-3-30-20(27)14-4-5-15-16(12-14)31-21(24(15)2)23-19(26)13-8-10-25(11-9-13)33(28,29)18-7-6-17(22)32-18/h4-7,12-13H,3,8-11H2,1-2H3. The van der Waals surface area contributed by atoms with Gasteiger partial charge < -0.3 is 9.30 Å². The number of carbonyl (C=O) groups is 2. The second-order valence-electron chi connectivity index (χ2n) is 7.53. The first-order chi connectivity index (χ1) is 15.7. The molecule has 12 heteroatoms. The number of halogens is 1. The summed E-state index contributed by atoms with van der Waals surface area (Å²) in [7, 11) is -1.79. The summed E-state index contributed by atoms with van der Waals surface area (Å²) in [4.78, 5) is 29.7. The number of thiophene rings is 1. The molecule has 3 heterocycles. The molecule has 1 amide bonds. The first-order valence-electron chi connectivity index (χ1n) is 10.3. The Morgan fingerprint density at radius 1 is 1.18 bits per heavy atom. The quantitative estimate of drug-likeness (QED) is 0.472. The van der Waals surface area contributed by atoms with Gasteiger partial charge in [0.2, 0.25) is 0 Å². The van der Waals surface area contributed by atoms with Gasteiger partial charge in [-0.3, -0.25) is 4.79 Å². The van der Waals surface area contributed by atoms with Crippen LogP contribution in [0.5, 0.6) is 0 Å². The second kappa shape index (κ2) is 9.67. The largest absolute Gasteiger partial charge is 0.462 e. The minimum absolute atomic E-state index is 0.210. The van der Waals surface area contributed by atoms with E-state index in [1.54, 1.807) is 25.1 Å². The SMILES string of the molecule is CCOC(=O)c1ccc2c(c1)sc(=NC(=O)C1CCN(S(=O)(=O)c3ccc(Cl)s3)CC1)n2C. The van der Waals surface area contributed by atoms with Gasteiger partial charge in [-0.1, -0.05) is 22.9 Å². The van der Waals surface area contributed by atoms with Gasteiger partial charge in [0.25, 0.3) is 15.9 Å². The zero-order valence-corrected chi connectivity index (χ0v) is 21.2. The van der Waals surface area contributed by atoms with E-state index in [4.69, 9.17) is 16.3 Å². The van der Waals surface area contributed by atoms with Crippen LogP contribution in [-0.2, 0) is 26.6 Å². The third-order valence-electron chi connectivity index (χ3n) is 5.47. The fraction of sp³-hybridized carbons (Fsp3) is 0.381. The van der Waals surface area contributed by atoms with Crippen LogP contribution in [-0.4, -0.2) is 48.9 Å². The number of sulfonamides is 1. The molecule has 1 saturated heterocycles. The summed E-state index contributed by atoms with van der Waals surface area (Å²) < 4.78 is 35.2. The normalized spacial score (nSPS) is 16.4. The third kappa shape index (κ3) is 4.92. The van der Waals surface area contributed by atoms with Crippen LogP contribution in [0.2, 0.25) is 4.34 Å². The van der Waals surface area contributed by atoms with Crippen molar-refractivity contribution in [3.05, 3.63) is 45.0 Å². The van der Waals surface area contributed by atoms with Crippen molar-refractivity contribution >= 4 is 66.4 Å². The van der Waals surface area contributed by atoms with Crippen LogP contribution in [0.25, 0.3) is 10.2 Å². The maximum absolute atomic E-state index is 12.9. The number of hydrogen-bond acceptors (Lipinski definition) is 7. The molecule has 1 aliphatic heterocycles. The highest BCUT2D eigenvalue weighted by molar-refractivity contribution is 7.91. The number of fused-ring (bicyclic) bond motifs is 1. The molecule has 0 unspecified atom stereocenters. The molecular formula is C21H22ClN3O5S3. The van der Waals surface area contributed by atoms with Gasteiger partial charge >= 0.3 is 5.97 Å². The fourth-order valence-corrected chi connectivity index (χ4v) is 7.84. The number of thiazole rings is 1. The van der Waals surface area contributed by atoms with Crippen LogP contribution in [0.3, 0.4) is 0 Å². The number of aryl methyl sites for hydroxylation is 1. The monoisotopic (exact) mass is 527 g/mol. The van der Waals surface area contributed by atoms with Crippen molar-refractivity contribution in [3.8, 4) is 0 Å². The Morgan fingerprint density at radius 2 is 1.91 bits per heavy atom. The first kappa shape index (κ1) is 24.1. The molecule has 0 bridgehead atoms. The molecular weight excluding hydrogens is 506 g/mol. The molecule has 1 aliphatic rings. The summed E-state index contributed by atoms with van der Waals surface area (Å²) in [5.74, 6) is -1.00. The summed E-state index contributed by atoms with van der Waals surface area (Å²) in [5, 5.41) is 0. The van der Waals surface area contributed by atoms with Gasteiger partial charge in [0, 0.05) is 26.1 Å². The predicted molar refractivity (Wildman–Crippen MR) is 128 cm³/mol. The van der Waals surface area contributed by atoms with Crippen molar-refractivity contribution in [2.75, 3.05) is 19.7 Å². The molecule has 1 fully saturated rings. The number of nitrogens with zero attached hydrogens (tertiary/aromatic N) is 3. The number of piperidine rings is 1. The number of amides is 1.